The Morgan fingerprint density at radius 3 is 2.25 bits per heavy atom. The zero-order valence-electron chi connectivity index (χ0n) is 8.38. The number of rotatable bonds is 1. The number of hydrogen-bond acceptors (Lipinski definition) is 3. The smallest absolute Gasteiger partial charge is 0.123 e. The Morgan fingerprint density at radius 1 is 0.938 bits per heavy atom. The fraction of sp³-hybridized carbons (Fsp3) is 0. The molecule has 0 atom stereocenters. The Morgan fingerprint density at radius 2 is 1.62 bits per heavy atom. The Labute approximate surface area is 92.8 Å². The molecule has 0 aliphatic rings. The number of nitriles is 1. The number of aromatic hydroxyl groups is 2. The van der Waals surface area contributed by atoms with E-state index in [2.05, 4.69) is 0 Å². The van der Waals surface area contributed by atoms with Crippen molar-refractivity contribution in [3.05, 3.63) is 48.0 Å². The normalized spacial score (nSPS) is 9.69. The maximum atomic E-state index is 9.68. The molecular formula is C13H9NO2. The minimum atomic E-state index is 0.115. The number of benzene rings is 2. The average molecular weight is 211 g/mol. The molecule has 0 spiro atoms. The maximum absolute atomic E-state index is 9.68. The highest BCUT2D eigenvalue weighted by Crippen LogP contribution is 2.30. The molecule has 0 aliphatic heterocycles. The van der Waals surface area contributed by atoms with E-state index >= 15 is 0 Å². The van der Waals surface area contributed by atoms with Gasteiger partial charge in [0.1, 0.15) is 11.5 Å². The number of nitrogens with zero attached hydrogens (tertiary/aromatic N) is 1. The van der Waals surface area contributed by atoms with Gasteiger partial charge >= 0.3 is 0 Å². The lowest BCUT2D eigenvalue weighted by Crippen LogP contribution is -1.81. The average Bonchev–Trinajstić information content (AvgIpc) is 2.31. The summed E-state index contributed by atoms with van der Waals surface area (Å²) in [6, 6.07) is 13.1. The van der Waals surface area contributed by atoms with Crippen molar-refractivity contribution in [1.82, 2.24) is 0 Å². The van der Waals surface area contributed by atoms with E-state index in [1.807, 2.05) is 6.07 Å². The predicted octanol–water partition coefficient (Wildman–Crippen LogP) is 2.64. The van der Waals surface area contributed by atoms with E-state index in [0.29, 0.717) is 11.1 Å². The van der Waals surface area contributed by atoms with Crippen LogP contribution >= 0.6 is 0 Å². The van der Waals surface area contributed by atoms with Crippen LogP contribution in [0.15, 0.2) is 42.5 Å². The molecule has 0 heterocycles. The van der Waals surface area contributed by atoms with Crippen molar-refractivity contribution in [2.24, 2.45) is 0 Å². The molecule has 0 unspecified atom stereocenters. The molecule has 3 nitrogen and oxygen atoms in total. The van der Waals surface area contributed by atoms with Crippen molar-refractivity contribution in [2.75, 3.05) is 0 Å². The highest BCUT2D eigenvalue weighted by atomic mass is 16.3. The van der Waals surface area contributed by atoms with Crippen molar-refractivity contribution < 1.29 is 10.2 Å². The summed E-state index contributed by atoms with van der Waals surface area (Å²) < 4.78 is 0. The molecule has 0 amide bonds. The SMILES string of the molecule is N#Cc1ccc(O)c(-c2ccc(O)cc2)c1. The third-order valence-electron chi connectivity index (χ3n) is 2.30. The molecule has 3 heteroatoms. The second-order valence-electron chi connectivity index (χ2n) is 3.39. The number of hydrogen-bond donors (Lipinski definition) is 2. The van der Waals surface area contributed by atoms with Crippen LogP contribution in [0.5, 0.6) is 11.5 Å². The van der Waals surface area contributed by atoms with Crippen molar-refractivity contribution in [2.45, 2.75) is 0 Å². The van der Waals surface area contributed by atoms with Gasteiger partial charge in [0.2, 0.25) is 0 Å². The highest BCUT2D eigenvalue weighted by Gasteiger charge is 2.05. The Hall–Kier alpha value is -2.47. The molecule has 0 saturated heterocycles. The molecular weight excluding hydrogens is 202 g/mol. The largest absolute Gasteiger partial charge is 0.508 e. The van der Waals surface area contributed by atoms with Gasteiger partial charge in [0.05, 0.1) is 11.6 Å². The summed E-state index contributed by atoms with van der Waals surface area (Å²) in [4.78, 5) is 0. The van der Waals surface area contributed by atoms with E-state index in [-0.39, 0.29) is 11.5 Å². The van der Waals surface area contributed by atoms with Crippen molar-refractivity contribution in [3.8, 4) is 28.7 Å². The van der Waals surface area contributed by atoms with Gasteiger partial charge in [-0.1, -0.05) is 12.1 Å². The standard InChI is InChI=1S/C13H9NO2/c14-8-9-1-6-13(16)12(7-9)10-2-4-11(15)5-3-10/h1-7,15-16H. The first-order chi connectivity index (χ1) is 7.70. The van der Waals surface area contributed by atoms with Crippen LogP contribution in [0.25, 0.3) is 11.1 Å². The quantitative estimate of drug-likeness (QED) is 0.762. The van der Waals surface area contributed by atoms with E-state index in [1.54, 1.807) is 24.3 Å². The van der Waals surface area contributed by atoms with Crippen LogP contribution in [-0.4, -0.2) is 10.2 Å². The lowest BCUT2D eigenvalue weighted by atomic mass is 10.0. The summed E-state index contributed by atoms with van der Waals surface area (Å²) in [5.74, 6) is 0.282. The fourth-order valence-corrected chi connectivity index (χ4v) is 1.48. The number of phenols is 2. The lowest BCUT2D eigenvalue weighted by Gasteiger charge is -2.05. The summed E-state index contributed by atoms with van der Waals surface area (Å²) in [6.45, 7) is 0. The summed E-state index contributed by atoms with van der Waals surface area (Å²) in [5, 5.41) is 27.6. The second-order valence-corrected chi connectivity index (χ2v) is 3.39. The Bertz CT molecular complexity index is 553. The maximum Gasteiger partial charge on any atom is 0.123 e. The van der Waals surface area contributed by atoms with Gasteiger partial charge in [0, 0.05) is 5.56 Å². The first-order valence-electron chi connectivity index (χ1n) is 4.73. The van der Waals surface area contributed by atoms with Gasteiger partial charge in [-0.05, 0) is 35.9 Å². The van der Waals surface area contributed by atoms with E-state index in [1.165, 1.54) is 18.2 Å². The molecule has 2 N–H and O–H groups in total. The Kier molecular flexibility index (Phi) is 2.49. The van der Waals surface area contributed by atoms with Gasteiger partial charge in [0.25, 0.3) is 0 Å². The summed E-state index contributed by atoms with van der Waals surface area (Å²) in [6.07, 6.45) is 0. The number of phenolic OH excluding ortho intramolecular Hbond substituents is 2. The minimum Gasteiger partial charge on any atom is -0.508 e. The lowest BCUT2D eigenvalue weighted by molar-refractivity contribution is 0.474. The van der Waals surface area contributed by atoms with Gasteiger partial charge in [-0.15, -0.1) is 0 Å². The summed E-state index contributed by atoms with van der Waals surface area (Å²) >= 11 is 0. The first kappa shape index (κ1) is 10.1. The van der Waals surface area contributed by atoms with Gasteiger partial charge in [-0.3, -0.25) is 0 Å². The third-order valence-corrected chi connectivity index (χ3v) is 2.30. The van der Waals surface area contributed by atoms with Crippen LogP contribution in [-0.2, 0) is 0 Å². The molecule has 78 valence electrons. The van der Waals surface area contributed by atoms with Crippen molar-refractivity contribution >= 4 is 0 Å². The molecule has 0 bridgehead atoms. The van der Waals surface area contributed by atoms with E-state index < -0.39 is 0 Å². The molecule has 0 saturated carbocycles. The van der Waals surface area contributed by atoms with Crippen LogP contribution in [0.3, 0.4) is 0 Å². The third kappa shape index (κ3) is 1.82. The summed E-state index contributed by atoms with van der Waals surface area (Å²) in [5.41, 5.74) is 1.83. The van der Waals surface area contributed by atoms with E-state index in [4.69, 9.17) is 10.4 Å². The van der Waals surface area contributed by atoms with Crippen molar-refractivity contribution in [3.63, 3.8) is 0 Å². The van der Waals surface area contributed by atoms with Crippen LogP contribution in [0, 0.1) is 11.3 Å². The highest BCUT2D eigenvalue weighted by molar-refractivity contribution is 5.72. The molecule has 2 aromatic rings. The fourth-order valence-electron chi connectivity index (χ4n) is 1.48. The van der Waals surface area contributed by atoms with Crippen LogP contribution < -0.4 is 0 Å². The van der Waals surface area contributed by atoms with Crippen LogP contribution in [0.2, 0.25) is 0 Å². The summed E-state index contributed by atoms with van der Waals surface area (Å²) in [7, 11) is 0. The molecule has 0 aromatic heterocycles. The molecule has 2 aromatic carbocycles. The van der Waals surface area contributed by atoms with E-state index in [9.17, 15) is 5.11 Å². The topological polar surface area (TPSA) is 64.2 Å². The van der Waals surface area contributed by atoms with Crippen LogP contribution in [0.4, 0.5) is 0 Å². The van der Waals surface area contributed by atoms with Gasteiger partial charge < -0.3 is 10.2 Å². The minimum absolute atomic E-state index is 0.115. The molecule has 0 fully saturated rings. The van der Waals surface area contributed by atoms with Gasteiger partial charge in [-0.2, -0.15) is 5.26 Å². The molecule has 2 rings (SSSR count). The zero-order valence-corrected chi connectivity index (χ0v) is 8.38. The molecule has 0 aliphatic carbocycles. The van der Waals surface area contributed by atoms with Gasteiger partial charge in [0.15, 0.2) is 0 Å². The van der Waals surface area contributed by atoms with Crippen LogP contribution in [0.1, 0.15) is 5.56 Å². The monoisotopic (exact) mass is 211 g/mol. The first-order valence-corrected chi connectivity index (χ1v) is 4.73. The molecule has 0 radical (unpaired) electrons. The van der Waals surface area contributed by atoms with Gasteiger partial charge in [-0.25, -0.2) is 0 Å². The van der Waals surface area contributed by atoms with Crippen molar-refractivity contribution in [1.29, 1.82) is 5.26 Å². The zero-order chi connectivity index (χ0) is 11.5. The predicted molar refractivity (Wildman–Crippen MR) is 59.9 cm³/mol. The Balaban J connectivity index is 2.55. The second kappa shape index (κ2) is 3.95. The van der Waals surface area contributed by atoms with E-state index in [0.717, 1.165) is 5.56 Å². The molecule has 16 heavy (non-hydrogen) atoms.